The molecule has 0 N–H and O–H groups in total. The van der Waals surface area contributed by atoms with E-state index in [4.69, 9.17) is 9.47 Å². The Labute approximate surface area is 144 Å². The van der Waals surface area contributed by atoms with Crippen LogP contribution in [-0.2, 0) is 16.0 Å². The van der Waals surface area contributed by atoms with E-state index in [-0.39, 0.29) is 0 Å². The lowest BCUT2D eigenvalue weighted by Crippen LogP contribution is -2.51. The van der Waals surface area contributed by atoms with Crippen LogP contribution in [0.15, 0.2) is 24.5 Å². The van der Waals surface area contributed by atoms with Gasteiger partial charge < -0.3 is 9.47 Å². The zero-order valence-electron chi connectivity index (χ0n) is 14.5. The summed E-state index contributed by atoms with van der Waals surface area (Å²) in [6, 6.07) is 4.95. The molecule has 5 nitrogen and oxygen atoms in total. The van der Waals surface area contributed by atoms with Crippen LogP contribution in [0.25, 0.3) is 0 Å². The first kappa shape index (κ1) is 16.5. The Balaban J connectivity index is 1.34. The number of rotatable bonds is 3. The van der Waals surface area contributed by atoms with Crippen molar-refractivity contribution in [2.75, 3.05) is 46.0 Å². The van der Waals surface area contributed by atoms with E-state index in [2.05, 4.69) is 26.9 Å². The third-order valence-corrected chi connectivity index (χ3v) is 5.82. The van der Waals surface area contributed by atoms with Crippen LogP contribution in [0.3, 0.4) is 0 Å². The van der Waals surface area contributed by atoms with Gasteiger partial charge in [0.15, 0.2) is 0 Å². The summed E-state index contributed by atoms with van der Waals surface area (Å²) in [6.45, 7) is 8.25. The van der Waals surface area contributed by atoms with E-state index >= 15 is 0 Å². The van der Waals surface area contributed by atoms with Crippen LogP contribution in [0.4, 0.5) is 0 Å². The van der Waals surface area contributed by atoms with E-state index in [1.807, 2.05) is 12.4 Å². The second-order valence-electron chi connectivity index (χ2n) is 7.39. The zero-order chi connectivity index (χ0) is 16.2. The van der Waals surface area contributed by atoms with Gasteiger partial charge in [0.2, 0.25) is 0 Å². The molecular formula is C19H29N3O2. The standard InChI is InChI=1S/C19H29N3O2/c1-6-20-7-2-16(1)13-21-9-12-24-19-15-22(8-3-17(19)14-21)18-4-10-23-11-5-18/h1-2,6-7,17-19H,3-5,8-15H2/t17-,19-/m0/s1. The van der Waals surface area contributed by atoms with Gasteiger partial charge in [-0.2, -0.15) is 0 Å². The van der Waals surface area contributed by atoms with E-state index in [9.17, 15) is 0 Å². The van der Waals surface area contributed by atoms with E-state index < -0.39 is 0 Å². The molecule has 0 aromatic carbocycles. The highest BCUT2D eigenvalue weighted by Crippen LogP contribution is 2.28. The minimum atomic E-state index is 0.407. The predicted molar refractivity (Wildman–Crippen MR) is 92.8 cm³/mol. The van der Waals surface area contributed by atoms with Gasteiger partial charge in [-0.05, 0) is 43.5 Å². The van der Waals surface area contributed by atoms with Crippen LogP contribution in [0, 0.1) is 5.92 Å². The molecule has 0 unspecified atom stereocenters. The first-order valence-corrected chi connectivity index (χ1v) is 9.43. The molecule has 0 spiro atoms. The van der Waals surface area contributed by atoms with Gasteiger partial charge in [0.25, 0.3) is 0 Å². The lowest BCUT2D eigenvalue weighted by Gasteiger charge is -2.43. The normalized spacial score (nSPS) is 30.7. The number of ether oxygens (including phenoxy) is 2. The Bertz CT molecular complexity index is 507. The highest BCUT2D eigenvalue weighted by Gasteiger charge is 2.35. The summed E-state index contributed by atoms with van der Waals surface area (Å²) in [5.41, 5.74) is 1.35. The van der Waals surface area contributed by atoms with Crippen molar-refractivity contribution in [3.05, 3.63) is 30.1 Å². The average Bonchev–Trinajstić information content (AvgIpc) is 2.84. The summed E-state index contributed by atoms with van der Waals surface area (Å²) >= 11 is 0. The van der Waals surface area contributed by atoms with E-state index in [0.717, 1.165) is 46.0 Å². The van der Waals surface area contributed by atoms with E-state index in [1.165, 1.54) is 31.4 Å². The van der Waals surface area contributed by atoms with Gasteiger partial charge >= 0.3 is 0 Å². The van der Waals surface area contributed by atoms with Crippen molar-refractivity contribution < 1.29 is 9.47 Å². The quantitative estimate of drug-likeness (QED) is 0.844. The smallest absolute Gasteiger partial charge is 0.0743 e. The summed E-state index contributed by atoms with van der Waals surface area (Å²) in [5, 5.41) is 0. The molecule has 0 bridgehead atoms. The molecule has 0 amide bonds. The summed E-state index contributed by atoms with van der Waals surface area (Å²) in [4.78, 5) is 9.35. The molecule has 3 saturated heterocycles. The number of aromatic nitrogens is 1. The summed E-state index contributed by atoms with van der Waals surface area (Å²) in [5.74, 6) is 0.672. The van der Waals surface area contributed by atoms with Crippen molar-refractivity contribution in [3.8, 4) is 0 Å². The molecular weight excluding hydrogens is 302 g/mol. The lowest BCUT2D eigenvalue weighted by atomic mass is 9.91. The number of pyridine rings is 1. The number of hydrogen-bond acceptors (Lipinski definition) is 5. The molecule has 2 atom stereocenters. The molecule has 1 aromatic rings. The van der Waals surface area contributed by atoms with Gasteiger partial charge in [0.05, 0.1) is 12.7 Å². The Hall–Kier alpha value is -1.01. The number of hydrogen-bond donors (Lipinski definition) is 0. The molecule has 4 rings (SSSR count). The van der Waals surface area contributed by atoms with E-state index in [1.54, 1.807) is 0 Å². The fourth-order valence-corrected chi connectivity index (χ4v) is 4.41. The van der Waals surface area contributed by atoms with Crippen molar-refractivity contribution in [1.29, 1.82) is 0 Å². The predicted octanol–water partition coefficient (Wildman–Crippen LogP) is 1.78. The van der Waals surface area contributed by atoms with Crippen molar-refractivity contribution >= 4 is 0 Å². The summed E-state index contributed by atoms with van der Waals surface area (Å²) in [6.07, 6.45) is 7.81. The first-order valence-electron chi connectivity index (χ1n) is 9.43. The molecule has 0 saturated carbocycles. The molecule has 5 heteroatoms. The molecule has 3 fully saturated rings. The average molecular weight is 331 g/mol. The maximum Gasteiger partial charge on any atom is 0.0743 e. The van der Waals surface area contributed by atoms with Crippen LogP contribution in [0.2, 0.25) is 0 Å². The van der Waals surface area contributed by atoms with Gasteiger partial charge in [0, 0.05) is 63.7 Å². The van der Waals surface area contributed by atoms with Crippen molar-refractivity contribution in [3.63, 3.8) is 0 Å². The molecule has 1 aromatic heterocycles. The largest absolute Gasteiger partial charge is 0.381 e. The fraction of sp³-hybridized carbons (Fsp3) is 0.737. The van der Waals surface area contributed by atoms with Crippen molar-refractivity contribution in [2.24, 2.45) is 5.92 Å². The van der Waals surface area contributed by atoms with Crippen molar-refractivity contribution in [1.82, 2.24) is 14.8 Å². The van der Waals surface area contributed by atoms with Gasteiger partial charge in [-0.1, -0.05) is 0 Å². The zero-order valence-corrected chi connectivity index (χ0v) is 14.5. The second-order valence-corrected chi connectivity index (χ2v) is 7.39. The molecule has 132 valence electrons. The van der Waals surface area contributed by atoms with Crippen LogP contribution >= 0.6 is 0 Å². The minimum Gasteiger partial charge on any atom is -0.381 e. The van der Waals surface area contributed by atoms with Crippen LogP contribution in [-0.4, -0.2) is 72.9 Å². The molecule has 24 heavy (non-hydrogen) atoms. The minimum absolute atomic E-state index is 0.407. The number of likely N-dealkylation sites (tertiary alicyclic amines) is 1. The van der Waals surface area contributed by atoms with Gasteiger partial charge in [-0.15, -0.1) is 0 Å². The third-order valence-electron chi connectivity index (χ3n) is 5.82. The maximum absolute atomic E-state index is 6.27. The molecule has 0 aliphatic carbocycles. The van der Waals surface area contributed by atoms with Gasteiger partial charge in [-0.25, -0.2) is 0 Å². The number of piperidine rings is 1. The van der Waals surface area contributed by atoms with Crippen molar-refractivity contribution in [2.45, 2.75) is 38.0 Å². The lowest BCUT2D eigenvalue weighted by molar-refractivity contribution is -0.0512. The van der Waals surface area contributed by atoms with Crippen LogP contribution in [0.5, 0.6) is 0 Å². The SMILES string of the molecule is c1cc(CN2CCO[C@H]3CN(C4CCOCC4)CC[C@H]3C2)ccn1. The highest BCUT2D eigenvalue weighted by molar-refractivity contribution is 5.09. The Morgan fingerprint density at radius 2 is 1.83 bits per heavy atom. The third kappa shape index (κ3) is 3.97. The number of fused-ring (bicyclic) bond motifs is 1. The number of nitrogens with zero attached hydrogens (tertiary/aromatic N) is 3. The van der Waals surface area contributed by atoms with Crippen LogP contribution in [0.1, 0.15) is 24.8 Å². The molecule has 3 aliphatic heterocycles. The summed E-state index contributed by atoms with van der Waals surface area (Å²) < 4.78 is 11.8. The maximum atomic E-state index is 6.27. The van der Waals surface area contributed by atoms with Gasteiger partial charge in [-0.3, -0.25) is 14.8 Å². The monoisotopic (exact) mass is 331 g/mol. The topological polar surface area (TPSA) is 37.8 Å². The fourth-order valence-electron chi connectivity index (χ4n) is 4.41. The van der Waals surface area contributed by atoms with E-state index in [0.29, 0.717) is 18.1 Å². The molecule has 4 heterocycles. The second kappa shape index (κ2) is 7.91. The molecule has 3 aliphatic rings. The van der Waals surface area contributed by atoms with Gasteiger partial charge in [0.1, 0.15) is 0 Å². The Morgan fingerprint density at radius 1 is 1.00 bits per heavy atom. The Morgan fingerprint density at radius 3 is 2.67 bits per heavy atom. The molecule has 0 radical (unpaired) electrons. The summed E-state index contributed by atoms with van der Waals surface area (Å²) in [7, 11) is 0. The Kier molecular flexibility index (Phi) is 5.43. The highest BCUT2D eigenvalue weighted by atomic mass is 16.5. The first-order chi connectivity index (χ1) is 11.9. The van der Waals surface area contributed by atoms with Crippen LogP contribution < -0.4 is 0 Å².